The maximum Gasteiger partial charge on any atom is 0.236 e. The highest BCUT2D eigenvalue weighted by Gasteiger charge is 2.29. The van der Waals surface area contributed by atoms with Gasteiger partial charge < -0.3 is 15.4 Å². The number of amides is 1. The molecule has 3 atom stereocenters. The molecular weight excluding hydrogens is 218 g/mol. The zero-order valence-corrected chi connectivity index (χ0v) is 10.8. The van der Waals surface area contributed by atoms with E-state index in [2.05, 4.69) is 11.8 Å². The third-order valence-electron chi connectivity index (χ3n) is 3.70. The molecule has 2 saturated heterocycles. The summed E-state index contributed by atoms with van der Waals surface area (Å²) in [5, 5.41) is 0. The smallest absolute Gasteiger partial charge is 0.236 e. The second-order valence-corrected chi connectivity index (χ2v) is 5.36. The lowest BCUT2D eigenvalue weighted by atomic mass is 10.1. The average molecular weight is 241 g/mol. The van der Waals surface area contributed by atoms with Gasteiger partial charge in [0.25, 0.3) is 0 Å². The number of nitrogens with zero attached hydrogens (tertiary/aromatic N) is 2. The number of hydrogen-bond donors (Lipinski definition) is 1. The molecule has 0 aliphatic carbocycles. The molecule has 17 heavy (non-hydrogen) atoms. The Morgan fingerprint density at radius 2 is 2.12 bits per heavy atom. The molecule has 98 valence electrons. The molecule has 0 aromatic carbocycles. The molecule has 0 saturated carbocycles. The summed E-state index contributed by atoms with van der Waals surface area (Å²) in [7, 11) is 0. The van der Waals surface area contributed by atoms with Crippen molar-refractivity contribution < 1.29 is 9.53 Å². The molecule has 2 fully saturated rings. The van der Waals surface area contributed by atoms with Crippen molar-refractivity contribution in [1.82, 2.24) is 9.80 Å². The summed E-state index contributed by atoms with van der Waals surface area (Å²) >= 11 is 0. The highest BCUT2D eigenvalue weighted by molar-refractivity contribution is 5.78. The van der Waals surface area contributed by atoms with Gasteiger partial charge in [-0.05, 0) is 12.8 Å². The van der Waals surface area contributed by atoms with E-state index in [4.69, 9.17) is 10.5 Å². The lowest BCUT2D eigenvalue weighted by Crippen LogP contribution is -2.48. The Kier molecular flexibility index (Phi) is 4.01. The van der Waals surface area contributed by atoms with E-state index in [1.54, 1.807) is 0 Å². The first-order valence-electron chi connectivity index (χ1n) is 6.43. The molecule has 0 radical (unpaired) electrons. The molecule has 2 aliphatic rings. The van der Waals surface area contributed by atoms with Crippen molar-refractivity contribution in [2.24, 2.45) is 11.7 Å². The summed E-state index contributed by atoms with van der Waals surface area (Å²) in [6.07, 6.45) is 0.160. The summed E-state index contributed by atoms with van der Waals surface area (Å²) in [5.74, 6) is 0.702. The lowest BCUT2D eigenvalue weighted by molar-refractivity contribution is -0.139. The fourth-order valence-electron chi connectivity index (χ4n) is 2.56. The largest absolute Gasteiger partial charge is 0.375 e. The molecule has 5 heteroatoms. The fraction of sp³-hybridized carbons (Fsp3) is 0.917. The maximum absolute atomic E-state index is 12.1. The molecule has 1 amide bonds. The summed E-state index contributed by atoms with van der Waals surface area (Å²) in [6.45, 7) is 8.53. The van der Waals surface area contributed by atoms with Crippen molar-refractivity contribution in [3.05, 3.63) is 0 Å². The summed E-state index contributed by atoms with van der Waals surface area (Å²) in [4.78, 5) is 16.2. The number of carbonyl (C=O) groups is 1. The van der Waals surface area contributed by atoms with Gasteiger partial charge in [-0.15, -0.1) is 0 Å². The minimum absolute atomic E-state index is 0.160. The van der Waals surface area contributed by atoms with Crippen molar-refractivity contribution in [2.75, 3.05) is 39.3 Å². The van der Waals surface area contributed by atoms with Crippen LogP contribution in [0.2, 0.25) is 0 Å². The van der Waals surface area contributed by atoms with Gasteiger partial charge in [-0.2, -0.15) is 0 Å². The predicted molar refractivity (Wildman–Crippen MR) is 65.6 cm³/mol. The monoisotopic (exact) mass is 241 g/mol. The van der Waals surface area contributed by atoms with Crippen molar-refractivity contribution in [3.8, 4) is 0 Å². The Bertz CT molecular complexity index is 275. The molecule has 2 rings (SSSR count). The van der Waals surface area contributed by atoms with Gasteiger partial charge in [0.05, 0.1) is 19.3 Å². The van der Waals surface area contributed by atoms with E-state index in [-0.39, 0.29) is 18.1 Å². The van der Waals surface area contributed by atoms with E-state index in [1.165, 1.54) is 0 Å². The number of likely N-dealkylation sites (tertiary alicyclic amines) is 1. The highest BCUT2D eigenvalue weighted by atomic mass is 16.5. The molecule has 2 aliphatic heterocycles. The van der Waals surface area contributed by atoms with Gasteiger partial charge in [0.1, 0.15) is 0 Å². The van der Waals surface area contributed by atoms with Crippen LogP contribution in [0.25, 0.3) is 0 Å². The maximum atomic E-state index is 12.1. The van der Waals surface area contributed by atoms with E-state index in [0.717, 1.165) is 19.6 Å². The van der Waals surface area contributed by atoms with Gasteiger partial charge in [0.2, 0.25) is 5.91 Å². The van der Waals surface area contributed by atoms with Crippen LogP contribution in [0.15, 0.2) is 0 Å². The van der Waals surface area contributed by atoms with Gasteiger partial charge in [-0.3, -0.25) is 9.69 Å². The van der Waals surface area contributed by atoms with Gasteiger partial charge >= 0.3 is 0 Å². The minimum Gasteiger partial charge on any atom is -0.375 e. The zero-order valence-electron chi connectivity index (χ0n) is 10.8. The van der Waals surface area contributed by atoms with Gasteiger partial charge in [-0.25, -0.2) is 0 Å². The molecule has 2 N–H and O–H groups in total. The Morgan fingerprint density at radius 3 is 2.71 bits per heavy atom. The number of hydrogen-bond acceptors (Lipinski definition) is 4. The Hall–Kier alpha value is -0.650. The first-order valence-corrected chi connectivity index (χ1v) is 6.43. The summed E-state index contributed by atoms with van der Waals surface area (Å²) < 4.78 is 5.43. The van der Waals surface area contributed by atoms with Crippen LogP contribution in [0.1, 0.15) is 13.8 Å². The van der Waals surface area contributed by atoms with Crippen LogP contribution in [0.5, 0.6) is 0 Å². The Labute approximate surface area is 103 Å². The molecule has 0 aromatic rings. The van der Waals surface area contributed by atoms with Gasteiger partial charge in [-0.1, -0.05) is 6.92 Å². The molecule has 3 unspecified atom stereocenters. The van der Waals surface area contributed by atoms with Crippen LogP contribution in [-0.4, -0.2) is 67.2 Å². The Balaban J connectivity index is 1.81. The van der Waals surface area contributed by atoms with Crippen LogP contribution in [0.4, 0.5) is 0 Å². The van der Waals surface area contributed by atoms with Crippen LogP contribution < -0.4 is 5.73 Å². The number of nitrogens with two attached hydrogens (primary N) is 1. The molecular formula is C12H23N3O2. The van der Waals surface area contributed by atoms with Crippen molar-refractivity contribution in [2.45, 2.75) is 26.0 Å². The Morgan fingerprint density at radius 1 is 1.35 bits per heavy atom. The van der Waals surface area contributed by atoms with E-state index in [1.807, 2.05) is 11.8 Å². The average Bonchev–Trinajstić information content (AvgIpc) is 2.58. The van der Waals surface area contributed by atoms with Gasteiger partial charge in [0.15, 0.2) is 0 Å². The van der Waals surface area contributed by atoms with Crippen LogP contribution in [-0.2, 0) is 9.53 Å². The van der Waals surface area contributed by atoms with E-state index < -0.39 is 0 Å². The lowest BCUT2D eigenvalue weighted by Gasteiger charge is -2.32. The minimum atomic E-state index is 0.160. The van der Waals surface area contributed by atoms with Crippen LogP contribution >= 0.6 is 0 Å². The highest BCUT2D eigenvalue weighted by Crippen LogP contribution is 2.14. The van der Waals surface area contributed by atoms with Crippen LogP contribution in [0, 0.1) is 5.92 Å². The first kappa shape index (κ1) is 12.8. The van der Waals surface area contributed by atoms with Crippen LogP contribution in [0.3, 0.4) is 0 Å². The SMILES string of the molecule is CC1CN(C(=O)CN2CC(C)C(N)C2)CCO1. The van der Waals surface area contributed by atoms with E-state index >= 15 is 0 Å². The second kappa shape index (κ2) is 5.33. The number of carbonyl (C=O) groups excluding carboxylic acids is 1. The fourth-order valence-corrected chi connectivity index (χ4v) is 2.56. The summed E-state index contributed by atoms with van der Waals surface area (Å²) in [5.41, 5.74) is 5.96. The van der Waals surface area contributed by atoms with Crippen molar-refractivity contribution in [1.29, 1.82) is 0 Å². The third kappa shape index (κ3) is 3.18. The van der Waals surface area contributed by atoms with E-state index in [9.17, 15) is 4.79 Å². The number of rotatable bonds is 2. The zero-order chi connectivity index (χ0) is 12.4. The molecule has 0 aromatic heterocycles. The normalized spacial score (nSPS) is 35.2. The van der Waals surface area contributed by atoms with Crippen molar-refractivity contribution in [3.63, 3.8) is 0 Å². The molecule has 0 spiro atoms. The molecule has 5 nitrogen and oxygen atoms in total. The number of morpholine rings is 1. The second-order valence-electron chi connectivity index (χ2n) is 5.36. The predicted octanol–water partition coefficient (Wildman–Crippen LogP) is -0.487. The topological polar surface area (TPSA) is 58.8 Å². The quantitative estimate of drug-likeness (QED) is 0.709. The van der Waals surface area contributed by atoms with Crippen molar-refractivity contribution >= 4 is 5.91 Å². The third-order valence-corrected chi connectivity index (χ3v) is 3.70. The summed E-state index contributed by atoms with van der Waals surface area (Å²) in [6, 6.07) is 0.214. The molecule has 2 heterocycles. The molecule has 0 bridgehead atoms. The van der Waals surface area contributed by atoms with E-state index in [0.29, 0.717) is 25.6 Å². The first-order chi connectivity index (χ1) is 8.06. The number of ether oxygens (including phenoxy) is 1. The standard InChI is InChI=1S/C12H23N3O2/c1-9-5-14(7-11(9)13)8-12(16)15-3-4-17-10(2)6-15/h9-11H,3-8,13H2,1-2H3. The van der Waals surface area contributed by atoms with Gasteiger partial charge in [0, 0.05) is 32.2 Å².